The van der Waals surface area contributed by atoms with Gasteiger partial charge in [0.15, 0.2) is 0 Å². The van der Waals surface area contributed by atoms with Crippen LogP contribution in [-0.4, -0.2) is 19.6 Å². The van der Waals surface area contributed by atoms with Crippen LogP contribution >= 0.6 is 15.9 Å². The fourth-order valence-electron chi connectivity index (χ4n) is 2.35. The average molecular weight is 357 g/mol. The lowest BCUT2D eigenvalue weighted by Gasteiger charge is -2.15. The maximum absolute atomic E-state index is 12.1. The monoisotopic (exact) mass is 356 g/mol. The van der Waals surface area contributed by atoms with Crippen molar-refractivity contribution in [3.05, 3.63) is 22.7 Å². The Labute approximate surface area is 135 Å². The van der Waals surface area contributed by atoms with E-state index in [9.17, 15) is 4.79 Å². The zero-order chi connectivity index (χ0) is 15.7. The van der Waals surface area contributed by atoms with Gasteiger partial charge in [-0.3, -0.25) is 4.79 Å². The Hall–Kier alpha value is -1.07. The highest BCUT2D eigenvalue weighted by Gasteiger charge is 2.11. The first-order chi connectivity index (χ1) is 10.1. The first-order valence-corrected chi connectivity index (χ1v) is 8.23. The Morgan fingerprint density at radius 1 is 1.38 bits per heavy atom. The third-order valence-electron chi connectivity index (χ3n) is 3.50. The number of anilines is 1. The zero-order valence-corrected chi connectivity index (χ0v) is 14.4. The molecule has 1 aromatic carbocycles. The molecule has 0 aliphatic heterocycles. The minimum Gasteiger partial charge on any atom is -0.497 e. The Morgan fingerprint density at radius 2 is 2.14 bits per heavy atom. The van der Waals surface area contributed by atoms with Crippen LogP contribution in [0.3, 0.4) is 0 Å². The summed E-state index contributed by atoms with van der Waals surface area (Å²) in [5.41, 5.74) is 6.36. The number of amides is 1. The number of carbonyl (C=O) groups is 1. The Kier molecular flexibility index (Phi) is 8.38. The van der Waals surface area contributed by atoms with Crippen molar-refractivity contribution in [3.63, 3.8) is 0 Å². The molecule has 0 radical (unpaired) electrons. The van der Waals surface area contributed by atoms with E-state index in [1.54, 1.807) is 7.11 Å². The third kappa shape index (κ3) is 6.48. The fraction of sp³-hybridized carbons (Fsp3) is 0.562. The topological polar surface area (TPSA) is 64.4 Å². The summed E-state index contributed by atoms with van der Waals surface area (Å²) < 4.78 is 6.02. The molecule has 0 bridgehead atoms. The molecule has 0 saturated heterocycles. The van der Waals surface area contributed by atoms with E-state index in [0.717, 1.165) is 41.6 Å². The van der Waals surface area contributed by atoms with Crippen molar-refractivity contribution in [1.82, 2.24) is 0 Å². The molecule has 1 atom stereocenters. The molecule has 1 amide bonds. The predicted molar refractivity (Wildman–Crippen MR) is 90.6 cm³/mol. The standard InChI is InChI=1S/C16H25BrN2O2/c1-3-4-12(9-10-18)5-8-16(20)19-15-11-13(21-2)6-7-14(15)17/h6-7,11-12H,3-5,8-10,18H2,1-2H3,(H,19,20). The maximum atomic E-state index is 12.1. The van der Waals surface area contributed by atoms with Crippen LogP contribution in [0.2, 0.25) is 0 Å². The second-order valence-electron chi connectivity index (χ2n) is 5.16. The summed E-state index contributed by atoms with van der Waals surface area (Å²) in [5.74, 6) is 1.29. The molecule has 5 heteroatoms. The van der Waals surface area contributed by atoms with Crippen molar-refractivity contribution in [2.45, 2.75) is 39.0 Å². The maximum Gasteiger partial charge on any atom is 0.224 e. The molecular weight excluding hydrogens is 332 g/mol. The Balaban J connectivity index is 2.53. The van der Waals surface area contributed by atoms with E-state index in [-0.39, 0.29) is 5.91 Å². The summed E-state index contributed by atoms with van der Waals surface area (Å²) in [5, 5.41) is 2.93. The van der Waals surface area contributed by atoms with Gasteiger partial charge in [0.2, 0.25) is 5.91 Å². The summed E-state index contributed by atoms with van der Waals surface area (Å²) in [6.45, 7) is 2.85. The van der Waals surface area contributed by atoms with Crippen LogP contribution in [0.25, 0.3) is 0 Å². The lowest BCUT2D eigenvalue weighted by Crippen LogP contribution is -2.15. The van der Waals surface area contributed by atoms with Crippen molar-refractivity contribution >= 4 is 27.5 Å². The molecule has 0 heterocycles. The molecule has 1 aromatic rings. The van der Waals surface area contributed by atoms with E-state index in [1.807, 2.05) is 18.2 Å². The lowest BCUT2D eigenvalue weighted by atomic mass is 9.94. The summed E-state index contributed by atoms with van der Waals surface area (Å²) in [7, 11) is 1.61. The van der Waals surface area contributed by atoms with E-state index in [2.05, 4.69) is 28.2 Å². The summed E-state index contributed by atoms with van der Waals surface area (Å²) in [6.07, 6.45) is 4.66. The zero-order valence-electron chi connectivity index (χ0n) is 12.8. The molecule has 0 fully saturated rings. The molecule has 1 unspecified atom stereocenters. The molecule has 1 rings (SSSR count). The van der Waals surface area contributed by atoms with E-state index < -0.39 is 0 Å². The van der Waals surface area contributed by atoms with Crippen molar-refractivity contribution in [2.75, 3.05) is 19.0 Å². The van der Waals surface area contributed by atoms with Crippen LogP contribution in [0, 0.1) is 5.92 Å². The number of benzene rings is 1. The smallest absolute Gasteiger partial charge is 0.224 e. The second-order valence-corrected chi connectivity index (χ2v) is 6.02. The number of carbonyl (C=O) groups excluding carboxylic acids is 1. The Morgan fingerprint density at radius 3 is 2.76 bits per heavy atom. The number of nitrogens with two attached hydrogens (primary N) is 1. The van der Waals surface area contributed by atoms with Gasteiger partial charge >= 0.3 is 0 Å². The second kappa shape index (κ2) is 9.79. The van der Waals surface area contributed by atoms with Crippen LogP contribution in [-0.2, 0) is 4.79 Å². The Bertz CT molecular complexity index is 446. The van der Waals surface area contributed by atoms with Crippen molar-refractivity contribution in [2.24, 2.45) is 11.7 Å². The molecule has 4 nitrogen and oxygen atoms in total. The van der Waals surface area contributed by atoms with Gasteiger partial charge in [-0.2, -0.15) is 0 Å². The van der Waals surface area contributed by atoms with Gasteiger partial charge in [-0.05, 0) is 53.4 Å². The molecule has 0 saturated carbocycles. The minimum atomic E-state index is 0.0297. The molecular formula is C16H25BrN2O2. The average Bonchev–Trinajstić information content (AvgIpc) is 2.47. The van der Waals surface area contributed by atoms with Gasteiger partial charge < -0.3 is 15.8 Å². The SMILES string of the molecule is CCCC(CCN)CCC(=O)Nc1cc(OC)ccc1Br. The number of halogens is 1. The quantitative estimate of drug-likeness (QED) is 0.704. The van der Waals surface area contributed by atoms with Crippen LogP contribution in [0.5, 0.6) is 5.75 Å². The van der Waals surface area contributed by atoms with E-state index in [1.165, 1.54) is 0 Å². The molecule has 0 spiro atoms. The van der Waals surface area contributed by atoms with Crippen molar-refractivity contribution in [3.8, 4) is 5.75 Å². The molecule has 0 aliphatic rings. The van der Waals surface area contributed by atoms with Crippen molar-refractivity contribution < 1.29 is 9.53 Å². The van der Waals surface area contributed by atoms with Gasteiger partial charge in [-0.15, -0.1) is 0 Å². The van der Waals surface area contributed by atoms with Crippen LogP contribution in [0.4, 0.5) is 5.69 Å². The third-order valence-corrected chi connectivity index (χ3v) is 4.19. The van der Waals surface area contributed by atoms with Gasteiger partial charge in [0.1, 0.15) is 5.75 Å². The first-order valence-electron chi connectivity index (χ1n) is 7.44. The minimum absolute atomic E-state index is 0.0297. The highest BCUT2D eigenvalue weighted by molar-refractivity contribution is 9.10. The van der Waals surface area contributed by atoms with E-state index >= 15 is 0 Å². The summed E-state index contributed by atoms with van der Waals surface area (Å²) >= 11 is 3.43. The number of ether oxygens (including phenoxy) is 1. The summed E-state index contributed by atoms with van der Waals surface area (Å²) in [4.78, 5) is 12.1. The number of methoxy groups -OCH3 is 1. The normalized spacial score (nSPS) is 12.0. The predicted octanol–water partition coefficient (Wildman–Crippen LogP) is 3.94. The summed E-state index contributed by atoms with van der Waals surface area (Å²) in [6, 6.07) is 5.52. The van der Waals surface area contributed by atoms with Crippen LogP contribution in [0.15, 0.2) is 22.7 Å². The number of hydrogen-bond acceptors (Lipinski definition) is 3. The molecule has 0 aliphatic carbocycles. The largest absolute Gasteiger partial charge is 0.497 e. The number of hydrogen-bond donors (Lipinski definition) is 2. The van der Waals surface area contributed by atoms with Gasteiger partial charge in [-0.1, -0.05) is 19.8 Å². The van der Waals surface area contributed by atoms with Gasteiger partial charge in [0.25, 0.3) is 0 Å². The van der Waals surface area contributed by atoms with Crippen LogP contribution < -0.4 is 15.8 Å². The molecule has 21 heavy (non-hydrogen) atoms. The highest BCUT2D eigenvalue weighted by Crippen LogP contribution is 2.27. The molecule has 118 valence electrons. The van der Waals surface area contributed by atoms with Crippen LogP contribution in [0.1, 0.15) is 39.0 Å². The highest BCUT2D eigenvalue weighted by atomic mass is 79.9. The van der Waals surface area contributed by atoms with E-state index in [0.29, 0.717) is 18.9 Å². The van der Waals surface area contributed by atoms with Crippen molar-refractivity contribution in [1.29, 1.82) is 0 Å². The molecule has 3 N–H and O–H groups in total. The number of nitrogens with one attached hydrogen (secondary N) is 1. The lowest BCUT2D eigenvalue weighted by molar-refractivity contribution is -0.116. The van der Waals surface area contributed by atoms with Gasteiger partial charge in [-0.25, -0.2) is 0 Å². The number of rotatable bonds is 9. The first kappa shape index (κ1) is 18.0. The van der Waals surface area contributed by atoms with Gasteiger partial charge in [0, 0.05) is 17.0 Å². The van der Waals surface area contributed by atoms with E-state index in [4.69, 9.17) is 10.5 Å². The molecule has 0 aromatic heterocycles. The van der Waals surface area contributed by atoms with Gasteiger partial charge in [0.05, 0.1) is 12.8 Å². The fourth-order valence-corrected chi connectivity index (χ4v) is 2.70.